The molecule has 0 aliphatic carbocycles. The highest BCUT2D eigenvalue weighted by atomic mass is 16.4. The van der Waals surface area contributed by atoms with Crippen LogP contribution in [-0.2, 0) is 13.5 Å². The van der Waals surface area contributed by atoms with Crippen molar-refractivity contribution in [1.82, 2.24) is 4.57 Å². The van der Waals surface area contributed by atoms with E-state index in [1.54, 1.807) is 7.05 Å². The van der Waals surface area contributed by atoms with Crippen molar-refractivity contribution in [2.24, 2.45) is 7.05 Å². The summed E-state index contributed by atoms with van der Waals surface area (Å²) in [6.07, 6.45) is 2.11. The summed E-state index contributed by atoms with van der Waals surface area (Å²) in [5.41, 5.74) is 3.76. The van der Waals surface area contributed by atoms with E-state index in [2.05, 4.69) is 29.6 Å². The van der Waals surface area contributed by atoms with E-state index in [4.69, 9.17) is 4.42 Å². The van der Waals surface area contributed by atoms with Crippen LogP contribution < -0.4 is 11.1 Å². The minimum Gasteiger partial charge on any atom is -0.408 e. The van der Waals surface area contributed by atoms with E-state index >= 15 is 0 Å². The van der Waals surface area contributed by atoms with E-state index in [0.717, 1.165) is 30.6 Å². The lowest BCUT2D eigenvalue weighted by Crippen LogP contribution is -2.08. The zero-order valence-electron chi connectivity index (χ0n) is 12.0. The molecule has 2 aromatic carbocycles. The minimum absolute atomic E-state index is 0.328. The van der Waals surface area contributed by atoms with Crippen molar-refractivity contribution in [2.45, 2.75) is 12.8 Å². The maximum Gasteiger partial charge on any atom is 0.419 e. The molecule has 0 amide bonds. The van der Waals surface area contributed by atoms with E-state index in [1.807, 2.05) is 24.3 Å². The second kappa shape index (κ2) is 5.87. The average molecular weight is 282 g/mol. The van der Waals surface area contributed by atoms with E-state index in [-0.39, 0.29) is 5.76 Å². The maximum atomic E-state index is 11.4. The Morgan fingerprint density at radius 3 is 2.76 bits per heavy atom. The molecule has 3 rings (SSSR count). The normalized spacial score (nSPS) is 10.9. The van der Waals surface area contributed by atoms with Gasteiger partial charge in [0.05, 0.1) is 5.52 Å². The molecule has 21 heavy (non-hydrogen) atoms. The van der Waals surface area contributed by atoms with Gasteiger partial charge in [-0.15, -0.1) is 0 Å². The summed E-state index contributed by atoms with van der Waals surface area (Å²) in [7, 11) is 1.71. The number of rotatable bonds is 5. The number of nitrogens with zero attached hydrogens (tertiary/aromatic N) is 1. The zero-order chi connectivity index (χ0) is 14.7. The fourth-order valence-electron chi connectivity index (χ4n) is 2.41. The number of nitrogens with one attached hydrogen (secondary N) is 1. The monoisotopic (exact) mass is 282 g/mol. The molecule has 0 aliphatic heterocycles. The smallest absolute Gasteiger partial charge is 0.408 e. The van der Waals surface area contributed by atoms with Gasteiger partial charge in [-0.3, -0.25) is 4.57 Å². The molecule has 108 valence electrons. The molecule has 0 radical (unpaired) electrons. The standard InChI is InChI=1S/C17H18N2O2/c1-19-15-10-9-14(12-16(15)21-17(19)20)18-11-5-8-13-6-3-2-4-7-13/h2-4,6-7,9-10,12,18H,5,8,11H2,1H3. The van der Waals surface area contributed by atoms with Gasteiger partial charge >= 0.3 is 5.76 Å². The number of fused-ring (bicyclic) bond motifs is 1. The van der Waals surface area contributed by atoms with Crippen LogP contribution in [0.15, 0.2) is 57.7 Å². The Morgan fingerprint density at radius 1 is 1.14 bits per heavy atom. The molecule has 1 heterocycles. The molecule has 1 aromatic heterocycles. The summed E-state index contributed by atoms with van der Waals surface area (Å²) in [6, 6.07) is 16.2. The van der Waals surface area contributed by atoms with Crippen molar-refractivity contribution >= 4 is 16.8 Å². The third kappa shape index (κ3) is 2.99. The summed E-state index contributed by atoms with van der Waals surface area (Å²) in [6.45, 7) is 0.886. The molecule has 4 nitrogen and oxygen atoms in total. The molecule has 0 spiro atoms. The number of anilines is 1. The van der Waals surface area contributed by atoms with E-state index in [1.165, 1.54) is 10.1 Å². The van der Waals surface area contributed by atoms with Crippen molar-refractivity contribution in [3.63, 3.8) is 0 Å². The lowest BCUT2D eigenvalue weighted by Gasteiger charge is -2.06. The predicted octanol–water partition coefficient (Wildman–Crippen LogP) is 3.18. The molecule has 0 saturated carbocycles. The Bertz CT molecular complexity index is 787. The van der Waals surface area contributed by atoms with Crippen LogP contribution in [0.4, 0.5) is 5.69 Å². The minimum atomic E-state index is -0.328. The van der Waals surface area contributed by atoms with Crippen LogP contribution in [0.5, 0.6) is 0 Å². The SMILES string of the molecule is Cn1c(=O)oc2cc(NCCCc3ccccc3)ccc21. The largest absolute Gasteiger partial charge is 0.419 e. The first-order chi connectivity index (χ1) is 10.2. The van der Waals surface area contributed by atoms with Gasteiger partial charge in [-0.2, -0.15) is 0 Å². The van der Waals surface area contributed by atoms with Crippen molar-refractivity contribution in [2.75, 3.05) is 11.9 Å². The molecule has 0 fully saturated rings. The fourth-order valence-corrected chi connectivity index (χ4v) is 2.41. The number of aromatic nitrogens is 1. The quantitative estimate of drug-likeness (QED) is 0.731. The summed E-state index contributed by atoms with van der Waals surface area (Å²) in [5, 5.41) is 3.36. The number of benzene rings is 2. The lowest BCUT2D eigenvalue weighted by molar-refractivity contribution is 0.528. The zero-order valence-corrected chi connectivity index (χ0v) is 12.0. The molecule has 0 bridgehead atoms. The van der Waals surface area contributed by atoms with Gasteiger partial charge in [0.15, 0.2) is 5.58 Å². The first-order valence-electron chi connectivity index (χ1n) is 7.11. The molecule has 4 heteroatoms. The van der Waals surface area contributed by atoms with Crippen molar-refractivity contribution < 1.29 is 4.42 Å². The van der Waals surface area contributed by atoms with Gasteiger partial charge in [-0.25, -0.2) is 4.79 Å². The Hall–Kier alpha value is -2.49. The van der Waals surface area contributed by atoms with Crippen molar-refractivity contribution in [1.29, 1.82) is 0 Å². The number of hydrogen-bond acceptors (Lipinski definition) is 3. The summed E-state index contributed by atoms with van der Waals surface area (Å²) in [5.74, 6) is -0.328. The second-order valence-corrected chi connectivity index (χ2v) is 5.13. The molecular formula is C17H18N2O2. The van der Waals surface area contributed by atoms with Gasteiger partial charge in [0.1, 0.15) is 0 Å². The second-order valence-electron chi connectivity index (χ2n) is 5.13. The molecule has 0 saturated heterocycles. The van der Waals surface area contributed by atoms with Crippen molar-refractivity contribution in [3.05, 3.63) is 64.6 Å². The molecule has 3 aromatic rings. The van der Waals surface area contributed by atoms with Gasteiger partial charge < -0.3 is 9.73 Å². The third-order valence-corrected chi connectivity index (χ3v) is 3.61. The van der Waals surface area contributed by atoms with Crippen LogP contribution in [-0.4, -0.2) is 11.1 Å². The number of hydrogen-bond donors (Lipinski definition) is 1. The highest BCUT2D eigenvalue weighted by molar-refractivity contribution is 5.77. The van der Waals surface area contributed by atoms with E-state index in [9.17, 15) is 4.79 Å². The van der Waals surface area contributed by atoms with Gasteiger partial charge in [0.25, 0.3) is 0 Å². The van der Waals surface area contributed by atoms with Crippen molar-refractivity contribution in [3.8, 4) is 0 Å². The number of aryl methyl sites for hydroxylation is 2. The van der Waals surface area contributed by atoms with Crippen LogP contribution >= 0.6 is 0 Å². The topological polar surface area (TPSA) is 47.2 Å². The molecular weight excluding hydrogens is 264 g/mol. The van der Waals surface area contributed by atoms with Crippen LogP contribution in [0.2, 0.25) is 0 Å². The molecule has 1 N–H and O–H groups in total. The molecule has 0 aliphatic rings. The highest BCUT2D eigenvalue weighted by Crippen LogP contribution is 2.17. The van der Waals surface area contributed by atoms with Crippen LogP contribution in [0.3, 0.4) is 0 Å². The van der Waals surface area contributed by atoms with Crippen LogP contribution in [0, 0.1) is 0 Å². The van der Waals surface area contributed by atoms with E-state index < -0.39 is 0 Å². The lowest BCUT2D eigenvalue weighted by atomic mass is 10.1. The Kier molecular flexibility index (Phi) is 3.77. The molecule has 0 atom stereocenters. The maximum absolute atomic E-state index is 11.4. The van der Waals surface area contributed by atoms with Crippen LogP contribution in [0.1, 0.15) is 12.0 Å². The van der Waals surface area contributed by atoms with Gasteiger partial charge in [0, 0.05) is 25.3 Å². The third-order valence-electron chi connectivity index (χ3n) is 3.61. The number of oxazole rings is 1. The summed E-state index contributed by atoms with van der Waals surface area (Å²) < 4.78 is 6.69. The Balaban J connectivity index is 1.59. The highest BCUT2D eigenvalue weighted by Gasteiger charge is 2.05. The first-order valence-corrected chi connectivity index (χ1v) is 7.11. The van der Waals surface area contributed by atoms with Gasteiger partial charge in [-0.1, -0.05) is 30.3 Å². The first kappa shape index (κ1) is 13.5. The van der Waals surface area contributed by atoms with E-state index in [0.29, 0.717) is 5.58 Å². The van der Waals surface area contributed by atoms with Gasteiger partial charge in [-0.05, 0) is 30.5 Å². The Morgan fingerprint density at radius 2 is 1.95 bits per heavy atom. The van der Waals surface area contributed by atoms with Gasteiger partial charge in [0.2, 0.25) is 0 Å². The van der Waals surface area contributed by atoms with Crippen LogP contribution in [0.25, 0.3) is 11.1 Å². The predicted molar refractivity (Wildman–Crippen MR) is 84.7 cm³/mol. The fraction of sp³-hybridized carbons (Fsp3) is 0.235. The Labute approximate surface area is 123 Å². The molecule has 0 unspecified atom stereocenters. The summed E-state index contributed by atoms with van der Waals surface area (Å²) >= 11 is 0. The summed E-state index contributed by atoms with van der Waals surface area (Å²) in [4.78, 5) is 11.4. The average Bonchev–Trinajstić information content (AvgIpc) is 2.79.